The summed E-state index contributed by atoms with van der Waals surface area (Å²) >= 11 is 0. The Balaban J connectivity index is 1.54. The number of amides is 1. The quantitative estimate of drug-likeness (QED) is 0.762. The second-order valence-corrected chi connectivity index (χ2v) is 8.44. The van der Waals surface area contributed by atoms with Gasteiger partial charge >= 0.3 is 0 Å². The molecule has 5 rings (SSSR count). The molecule has 3 atom stereocenters. The van der Waals surface area contributed by atoms with Gasteiger partial charge in [0.05, 0.1) is 18.6 Å². The minimum absolute atomic E-state index is 0.0474. The van der Waals surface area contributed by atoms with E-state index in [0.717, 1.165) is 18.7 Å². The average Bonchev–Trinajstić information content (AvgIpc) is 3.36. The monoisotopic (exact) mass is 413 g/mol. The van der Waals surface area contributed by atoms with E-state index in [1.807, 2.05) is 13.3 Å². The van der Waals surface area contributed by atoms with E-state index >= 15 is 0 Å². The summed E-state index contributed by atoms with van der Waals surface area (Å²) in [4.78, 5) is 22.9. The van der Waals surface area contributed by atoms with E-state index in [1.165, 1.54) is 33.5 Å². The highest BCUT2D eigenvalue weighted by Gasteiger charge is 2.37. The molecule has 6 nitrogen and oxygen atoms in total. The third-order valence-electron chi connectivity index (χ3n) is 6.56. The van der Waals surface area contributed by atoms with Gasteiger partial charge in [0, 0.05) is 37.5 Å². The molecule has 6 heteroatoms. The number of aliphatic imine (C=N–C) groups is 2. The molecule has 0 saturated heterocycles. The summed E-state index contributed by atoms with van der Waals surface area (Å²) in [7, 11) is 2.05. The fraction of sp³-hybridized carbons (Fsp3) is 0.320. The summed E-state index contributed by atoms with van der Waals surface area (Å²) in [5, 5.41) is 3.67. The number of rotatable bonds is 6. The van der Waals surface area contributed by atoms with E-state index in [9.17, 15) is 4.79 Å². The molecule has 31 heavy (non-hydrogen) atoms. The molecule has 0 fully saturated rings. The summed E-state index contributed by atoms with van der Waals surface area (Å²) < 4.78 is 0. The van der Waals surface area contributed by atoms with Crippen molar-refractivity contribution >= 4 is 17.8 Å². The zero-order chi connectivity index (χ0) is 21.5. The van der Waals surface area contributed by atoms with Crippen molar-refractivity contribution < 1.29 is 4.79 Å². The number of primary amides is 1. The molecule has 158 valence electrons. The highest BCUT2D eigenvalue weighted by molar-refractivity contribution is 6.02. The second kappa shape index (κ2) is 7.78. The lowest BCUT2D eigenvalue weighted by Gasteiger charge is -2.30. The van der Waals surface area contributed by atoms with Crippen LogP contribution in [0.25, 0.3) is 11.1 Å². The molecule has 3 unspecified atom stereocenters. The van der Waals surface area contributed by atoms with Crippen molar-refractivity contribution in [3.8, 4) is 11.1 Å². The molecule has 0 bridgehead atoms. The molecule has 0 radical (unpaired) electrons. The van der Waals surface area contributed by atoms with E-state index in [4.69, 9.17) is 10.7 Å². The molecule has 2 aliphatic heterocycles. The number of hydrogen-bond donors (Lipinski definition) is 2. The maximum Gasteiger partial charge on any atom is 0.217 e. The fourth-order valence-electron chi connectivity index (χ4n) is 4.96. The Morgan fingerprint density at radius 3 is 2.74 bits per heavy atom. The van der Waals surface area contributed by atoms with Gasteiger partial charge in [0.25, 0.3) is 0 Å². The smallest absolute Gasteiger partial charge is 0.217 e. The third kappa shape index (κ3) is 3.37. The van der Waals surface area contributed by atoms with Crippen LogP contribution in [0.15, 0.2) is 64.7 Å². The van der Waals surface area contributed by atoms with E-state index in [2.05, 4.69) is 64.3 Å². The molecule has 0 saturated carbocycles. The number of hydrogen-bond acceptors (Lipinski definition) is 5. The van der Waals surface area contributed by atoms with Gasteiger partial charge in [-0.3, -0.25) is 20.1 Å². The van der Waals surface area contributed by atoms with Gasteiger partial charge in [0.15, 0.2) is 0 Å². The number of carbonyl (C=O) groups is 1. The number of carbonyl (C=O) groups excluding carboxylic acids is 1. The Morgan fingerprint density at radius 1 is 1.16 bits per heavy atom. The van der Waals surface area contributed by atoms with Gasteiger partial charge in [-0.1, -0.05) is 49.0 Å². The van der Waals surface area contributed by atoms with Gasteiger partial charge in [-0.25, -0.2) is 0 Å². The van der Waals surface area contributed by atoms with Crippen molar-refractivity contribution in [2.45, 2.75) is 37.5 Å². The minimum Gasteiger partial charge on any atom is -0.370 e. The van der Waals surface area contributed by atoms with Crippen LogP contribution in [0.3, 0.4) is 0 Å². The Labute approximate surface area is 182 Å². The summed E-state index contributed by atoms with van der Waals surface area (Å²) in [6.45, 7) is 4.99. The molecule has 0 spiro atoms. The van der Waals surface area contributed by atoms with Gasteiger partial charge < -0.3 is 10.6 Å². The lowest BCUT2D eigenvalue weighted by Crippen LogP contribution is -2.36. The molecule has 1 aliphatic carbocycles. The van der Waals surface area contributed by atoms with Crippen LogP contribution in [-0.4, -0.2) is 42.4 Å². The summed E-state index contributed by atoms with van der Waals surface area (Å²) in [6.07, 6.45) is 3.58. The van der Waals surface area contributed by atoms with Gasteiger partial charge in [-0.2, -0.15) is 0 Å². The maximum absolute atomic E-state index is 11.3. The molecule has 1 amide bonds. The van der Waals surface area contributed by atoms with Crippen molar-refractivity contribution in [2.75, 3.05) is 13.6 Å². The van der Waals surface area contributed by atoms with Crippen LogP contribution < -0.4 is 11.1 Å². The van der Waals surface area contributed by atoms with Crippen molar-refractivity contribution in [3.05, 3.63) is 71.4 Å². The maximum atomic E-state index is 11.3. The van der Waals surface area contributed by atoms with Crippen molar-refractivity contribution in [1.82, 2.24) is 10.2 Å². The van der Waals surface area contributed by atoms with Gasteiger partial charge in [-0.15, -0.1) is 0 Å². The molecule has 0 aromatic heterocycles. The van der Waals surface area contributed by atoms with Crippen LogP contribution in [0.4, 0.5) is 0 Å². The van der Waals surface area contributed by atoms with Crippen LogP contribution in [0.2, 0.25) is 0 Å². The first-order valence-corrected chi connectivity index (χ1v) is 10.8. The Hall–Kier alpha value is -3.25. The molecule has 3 N–H and O–H groups in total. The number of benzene rings is 2. The Bertz CT molecular complexity index is 1120. The van der Waals surface area contributed by atoms with Gasteiger partial charge in [0.2, 0.25) is 5.91 Å². The molecule has 3 aliphatic rings. The number of nitrogens with two attached hydrogens (primary N) is 1. The lowest BCUT2D eigenvalue weighted by molar-refractivity contribution is -0.118. The Kier molecular flexibility index (Phi) is 4.94. The van der Waals surface area contributed by atoms with E-state index in [-0.39, 0.29) is 24.2 Å². The van der Waals surface area contributed by atoms with Crippen LogP contribution in [0, 0.1) is 0 Å². The second-order valence-electron chi connectivity index (χ2n) is 8.44. The van der Waals surface area contributed by atoms with Gasteiger partial charge in [0.1, 0.15) is 6.17 Å². The minimum atomic E-state index is -0.305. The standard InChI is InChI=1S/C25H27N5O/c1-15(10-11-22(26)31)30(2)24-17-7-4-3-6-16(17)23-18(24)8-5-9-19(23)25-28-20-12-13-27-14-21(20)29-25/h3-9,13,21,24-25,29H,1,10-12,14H2,2H3,(H2,26,31). The first-order chi connectivity index (χ1) is 15.0. The first-order valence-electron chi connectivity index (χ1n) is 10.8. The normalized spacial score (nSPS) is 23.0. The average molecular weight is 414 g/mol. The van der Waals surface area contributed by atoms with Crippen LogP contribution in [0.1, 0.15) is 48.2 Å². The summed E-state index contributed by atoms with van der Waals surface area (Å²) in [6, 6.07) is 15.3. The van der Waals surface area contributed by atoms with Crippen molar-refractivity contribution in [2.24, 2.45) is 15.7 Å². The zero-order valence-corrected chi connectivity index (χ0v) is 17.7. The topological polar surface area (TPSA) is 83.1 Å². The predicted octanol–water partition coefficient (Wildman–Crippen LogP) is 3.35. The summed E-state index contributed by atoms with van der Waals surface area (Å²) in [5.41, 5.74) is 13.6. The Morgan fingerprint density at radius 2 is 1.94 bits per heavy atom. The molecule has 2 aromatic rings. The molecular formula is C25H27N5O. The number of nitrogens with zero attached hydrogens (tertiary/aromatic N) is 3. The number of nitrogens with one attached hydrogen (secondary N) is 1. The zero-order valence-electron chi connectivity index (χ0n) is 17.7. The first kappa shape index (κ1) is 19.7. The largest absolute Gasteiger partial charge is 0.370 e. The third-order valence-corrected chi connectivity index (χ3v) is 6.56. The van der Waals surface area contributed by atoms with Gasteiger partial charge in [-0.05, 0) is 34.2 Å². The van der Waals surface area contributed by atoms with E-state index < -0.39 is 0 Å². The van der Waals surface area contributed by atoms with E-state index in [0.29, 0.717) is 12.8 Å². The number of fused-ring (bicyclic) bond motifs is 4. The van der Waals surface area contributed by atoms with Crippen LogP contribution in [0.5, 0.6) is 0 Å². The highest BCUT2D eigenvalue weighted by Crippen LogP contribution is 2.50. The molecule has 2 aromatic carbocycles. The SMILES string of the molecule is C=C(CCC(N)=O)N(C)C1c2ccccc2-c2c(C3N=C4CC=NCC4N3)cccc21. The summed E-state index contributed by atoms with van der Waals surface area (Å²) in [5.74, 6) is -0.305. The number of allylic oxidation sites excluding steroid dienone is 1. The van der Waals surface area contributed by atoms with Crippen molar-refractivity contribution in [1.29, 1.82) is 0 Å². The molecule has 2 heterocycles. The van der Waals surface area contributed by atoms with Crippen LogP contribution >= 0.6 is 0 Å². The molecular weight excluding hydrogens is 386 g/mol. The fourth-order valence-corrected chi connectivity index (χ4v) is 4.96. The van der Waals surface area contributed by atoms with E-state index in [1.54, 1.807) is 0 Å². The van der Waals surface area contributed by atoms with Crippen LogP contribution in [-0.2, 0) is 4.79 Å². The highest BCUT2D eigenvalue weighted by atomic mass is 16.1. The predicted molar refractivity (Wildman–Crippen MR) is 124 cm³/mol. The van der Waals surface area contributed by atoms with Crippen molar-refractivity contribution in [3.63, 3.8) is 0 Å². The lowest BCUT2D eigenvalue weighted by atomic mass is 9.97.